The molecule has 1 aromatic carbocycles. The Hall–Kier alpha value is -0.910. The molecule has 1 atom stereocenters. The smallest absolute Gasteiger partial charge is 0.262 e. The first kappa shape index (κ1) is 17.4. The van der Waals surface area contributed by atoms with Crippen molar-refractivity contribution in [2.75, 3.05) is 13.1 Å². The highest BCUT2D eigenvalue weighted by Crippen LogP contribution is 2.48. The lowest BCUT2D eigenvalue weighted by Gasteiger charge is -2.18. The molecule has 1 aromatic rings. The molecule has 1 amide bonds. The van der Waals surface area contributed by atoms with Crippen molar-refractivity contribution in [3.8, 4) is 0 Å². The van der Waals surface area contributed by atoms with E-state index < -0.39 is 24.9 Å². The quantitative estimate of drug-likeness (QED) is 0.876. The van der Waals surface area contributed by atoms with Gasteiger partial charge in [-0.3, -0.25) is 10.1 Å². The van der Waals surface area contributed by atoms with E-state index in [1.165, 1.54) is 0 Å². The molecule has 22 heavy (non-hydrogen) atoms. The minimum Gasteiger partial charge on any atom is -0.354 e. The summed E-state index contributed by atoms with van der Waals surface area (Å²) in [5.41, 5.74) is 1.02. The highest BCUT2D eigenvalue weighted by atomic mass is 35.5. The molecule has 3 rings (SSSR count). The van der Waals surface area contributed by atoms with E-state index in [4.69, 9.17) is 11.6 Å². The molecule has 1 saturated carbocycles. The van der Waals surface area contributed by atoms with Gasteiger partial charge in [-0.25, -0.2) is 8.78 Å². The zero-order valence-electron chi connectivity index (χ0n) is 11.9. The number of halogens is 4. The number of benzene rings is 1. The monoisotopic (exact) mass is 350 g/mol. The van der Waals surface area contributed by atoms with Gasteiger partial charge in [-0.15, -0.1) is 12.4 Å². The Labute approximate surface area is 139 Å². The first-order chi connectivity index (χ1) is 9.90. The van der Waals surface area contributed by atoms with E-state index >= 15 is 0 Å². The topological polar surface area (TPSA) is 41.1 Å². The van der Waals surface area contributed by atoms with Crippen LogP contribution in [0.15, 0.2) is 24.3 Å². The van der Waals surface area contributed by atoms with Crippen molar-refractivity contribution < 1.29 is 13.6 Å². The zero-order chi connectivity index (χ0) is 15.1. The largest absolute Gasteiger partial charge is 0.354 e. The van der Waals surface area contributed by atoms with Crippen LogP contribution < -0.4 is 10.6 Å². The summed E-state index contributed by atoms with van der Waals surface area (Å²) in [7, 11) is 0. The molecule has 0 radical (unpaired) electrons. The van der Waals surface area contributed by atoms with Gasteiger partial charge in [-0.1, -0.05) is 23.7 Å². The van der Waals surface area contributed by atoms with Crippen LogP contribution in [0.2, 0.25) is 5.02 Å². The number of carbonyl (C=O) groups excluding carboxylic acids is 1. The summed E-state index contributed by atoms with van der Waals surface area (Å²) in [6, 6.07) is 6.80. The summed E-state index contributed by atoms with van der Waals surface area (Å²) in [4.78, 5) is 12.0. The van der Waals surface area contributed by atoms with Gasteiger partial charge in [0.25, 0.3) is 5.92 Å². The Morgan fingerprint density at radius 2 is 2.14 bits per heavy atom. The Balaban J connectivity index is 0.00000176. The first-order valence-corrected chi connectivity index (χ1v) is 7.43. The van der Waals surface area contributed by atoms with Crippen LogP contribution in [0.25, 0.3) is 0 Å². The predicted molar refractivity (Wildman–Crippen MR) is 84.0 cm³/mol. The van der Waals surface area contributed by atoms with Crippen molar-refractivity contribution >= 4 is 29.9 Å². The minimum atomic E-state index is -2.79. The summed E-state index contributed by atoms with van der Waals surface area (Å²) in [5, 5.41) is 6.04. The lowest BCUT2D eigenvalue weighted by Crippen LogP contribution is -2.43. The van der Waals surface area contributed by atoms with E-state index in [9.17, 15) is 13.6 Å². The molecule has 1 saturated heterocycles. The minimum absolute atomic E-state index is 0. The van der Waals surface area contributed by atoms with Gasteiger partial charge in [-0.2, -0.15) is 0 Å². The Kier molecular flexibility index (Phi) is 5.00. The van der Waals surface area contributed by atoms with Gasteiger partial charge in [0.15, 0.2) is 0 Å². The van der Waals surface area contributed by atoms with Crippen LogP contribution in [0, 0.1) is 0 Å². The normalized spacial score (nSPS) is 24.4. The molecule has 1 heterocycles. The SMILES string of the molecule is Cl.O=C(NCC1(c2cccc(Cl)c2)CC1)C1CC(F)(F)CN1. The first-order valence-electron chi connectivity index (χ1n) is 7.05. The summed E-state index contributed by atoms with van der Waals surface area (Å²) in [5.74, 6) is -3.13. The van der Waals surface area contributed by atoms with Crippen molar-refractivity contribution in [3.05, 3.63) is 34.9 Å². The van der Waals surface area contributed by atoms with Gasteiger partial charge in [0.05, 0.1) is 12.6 Å². The summed E-state index contributed by atoms with van der Waals surface area (Å²) in [6.07, 6.45) is 1.52. The maximum atomic E-state index is 13.1. The van der Waals surface area contributed by atoms with Gasteiger partial charge >= 0.3 is 0 Å². The molecular weight excluding hydrogens is 333 g/mol. The molecule has 1 aliphatic carbocycles. The Morgan fingerprint density at radius 1 is 1.41 bits per heavy atom. The second kappa shape index (κ2) is 6.30. The third-order valence-electron chi connectivity index (χ3n) is 4.32. The number of hydrogen-bond donors (Lipinski definition) is 2. The molecule has 1 unspecified atom stereocenters. The van der Waals surface area contributed by atoms with Crippen LogP contribution in [0.1, 0.15) is 24.8 Å². The van der Waals surface area contributed by atoms with Gasteiger partial charge in [0, 0.05) is 23.4 Å². The molecule has 0 bridgehead atoms. The zero-order valence-corrected chi connectivity index (χ0v) is 13.4. The van der Waals surface area contributed by atoms with Gasteiger partial charge in [0.1, 0.15) is 0 Å². The number of nitrogens with one attached hydrogen (secondary N) is 2. The molecule has 1 aliphatic heterocycles. The molecule has 0 spiro atoms. The standard InChI is InChI=1S/C15H17ClF2N2O.ClH/c16-11-3-1-2-10(6-11)14(4-5-14)8-20-13(21)12-7-15(17,18)9-19-12;/h1-3,6,12,19H,4-5,7-9H2,(H,20,21);1H. The molecule has 3 nitrogen and oxygen atoms in total. The Bertz CT molecular complexity index is 564. The van der Waals surface area contributed by atoms with Crippen LogP contribution in [0.4, 0.5) is 8.78 Å². The van der Waals surface area contributed by atoms with Crippen LogP contribution >= 0.6 is 24.0 Å². The fourth-order valence-corrected chi connectivity index (χ4v) is 3.01. The molecule has 0 aromatic heterocycles. The third-order valence-corrected chi connectivity index (χ3v) is 4.55. The maximum absolute atomic E-state index is 13.1. The average Bonchev–Trinajstić information content (AvgIpc) is 3.14. The van der Waals surface area contributed by atoms with E-state index in [1.807, 2.05) is 24.3 Å². The molecule has 7 heteroatoms. The summed E-state index contributed by atoms with van der Waals surface area (Å²) in [6.45, 7) is 0.0421. The predicted octanol–water partition coefficient (Wildman–Crippen LogP) is 2.91. The second-order valence-corrected chi connectivity index (χ2v) is 6.44. The fourth-order valence-electron chi connectivity index (χ4n) is 2.82. The average molecular weight is 351 g/mol. The van der Waals surface area contributed by atoms with Crippen LogP contribution in [0.5, 0.6) is 0 Å². The van der Waals surface area contributed by atoms with Crippen LogP contribution in [0.3, 0.4) is 0 Å². The number of rotatable bonds is 4. The van der Waals surface area contributed by atoms with Crippen molar-refractivity contribution in [3.63, 3.8) is 0 Å². The number of hydrogen-bond acceptors (Lipinski definition) is 2. The number of carbonyl (C=O) groups is 1. The van der Waals surface area contributed by atoms with E-state index in [0.29, 0.717) is 11.6 Å². The lowest BCUT2D eigenvalue weighted by molar-refractivity contribution is -0.123. The summed E-state index contributed by atoms with van der Waals surface area (Å²) < 4.78 is 26.2. The molecule has 2 fully saturated rings. The van der Waals surface area contributed by atoms with Crippen LogP contribution in [-0.4, -0.2) is 31.0 Å². The van der Waals surface area contributed by atoms with Crippen molar-refractivity contribution in [2.45, 2.75) is 36.6 Å². The molecular formula is C15H18Cl2F2N2O. The number of alkyl halides is 2. The van der Waals surface area contributed by atoms with Crippen LogP contribution in [-0.2, 0) is 10.2 Å². The summed E-state index contributed by atoms with van der Waals surface area (Å²) >= 11 is 6.00. The molecule has 122 valence electrons. The van der Waals surface area contributed by atoms with Crippen molar-refractivity contribution in [2.24, 2.45) is 0 Å². The fraction of sp³-hybridized carbons (Fsp3) is 0.533. The van der Waals surface area contributed by atoms with Gasteiger partial charge < -0.3 is 5.32 Å². The highest BCUT2D eigenvalue weighted by Gasteiger charge is 2.46. The Morgan fingerprint density at radius 3 is 2.68 bits per heavy atom. The van der Waals surface area contributed by atoms with E-state index in [1.54, 1.807) is 0 Å². The highest BCUT2D eigenvalue weighted by molar-refractivity contribution is 6.30. The van der Waals surface area contributed by atoms with Crippen molar-refractivity contribution in [1.29, 1.82) is 0 Å². The van der Waals surface area contributed by atoms with E-state index in [-0.39, 0.29) is 23.7 Å². The van der Waals surface area contributed by atoms with E-state index in [2.05, 4.69) is 10.6 Å². The third kappa shape index (κ3) is 3.70. The molecule has 2 N–H and O–H groups in total. The molecule has 2 aliphatic rings. The lowest BCUT2D eigenvalue weighted by atomic mass is 9.96. The van der Waals surface area contributed by atoms with Crippen molar-refractivity contribution in [1.82, 2.24) is 10.6 Å². The van der Waals surface area contributed by atoms with Gasteiger partial charge in [-0.05, 0) is 30.5 Å². The second-order valence-electron chi connectivity index (χ2n) is 6.00. The number of amides is 1. The van der Waals surface area contributed by atoms with E-state index in [0.717, 1.165) is 18.4 Å². The van der Waals surface area contributed by atoms with Gasteiger partial charge in [0.2, 0.25) is 5.91 Å². The maximum Gasteiger partial charge on any atom is 0.262 e.